The fraction of sp³-hybridized carbons (Fsp3) is 0.286. The van der Waals surface area contributed by atoms with Crippen LogP contribution in [0, 0.1) is 17.1 Å². The first kappa shape index (κ1) is 19.4. The van der Waals surface area contributed by atoms with Crippen LogP contribution in [0.15, 0.2) is 27.8 Å². The van der Waals surface area contributed by atoms with Crippen LogP contribution in [0.1, 0.15) is 23.4 Å². The first-order valence-electron chi connectivity index (χ1n) is 7.29. The Morgan fingerprint density at radius 3 is 2.88 bits per heavy atom. The number of rotatable bonds is 7. The molecule has 0 saturated carbocycles. The smallest absolute Gasteiger partial charge is 0.208 e. The van der Waals surface area contributed by atoms with E-state index in [1.54, 1.807) is 6.07 Å². The molecule has 0 atom stereocenters. The van der Waals surface area contributed by atoms with Gasteiger partial charge in [0.25, 0.3) is 0 Å². The zero-order valence-electron chi connectivity index (χ0n) is 13.6. The maximum absolute atomic E-state index is 13.4. The van der Waals surface area contributed by atoms with Crippen molar-refractivity contribution in [3.8, 4) is 6.07 Å². The van der Waals surface area contributed by atoms with Crippen LogP contribution in [0.5, 0.6) is 0 Å². The number of amidine groups is 1. The average Bonchev–Trinajstić information content (AvgIpc) is 3.05. The van der Waals surface area contributed by atoms with Crippen molar-refractivity contribution in [2.75, 3.05) is 12.8 Å². The molecule has 0 bridgehead atoms. The molecule has 1 heterocycles. The summed E-state index contributed by atoms with van der Waals surface area (Å²) in [6.45, 7) is 0.188. The van der Waals surface area contributed by atoms with Crippen molar-refractivity contribution in [3.63, 3.8) is 0 Å². The lowest BCUT2D eigenvalue weighted by atomic mass is 10.2. The number of aliphatic imine (C=N–C) groups is 1. The van der Waals surface area contributed by atoms with Gasteiger partial charge in [0, 0.05) is 6.54 Å². The van der Waals surface area contributed by atoms with Crippen LogP contribution in [0.2, 0.25) is 0 Å². The lowest BCUT2D eigenvalue weighted by Crippen LogP contribution is -2.24. The largest absolute Gasteiger partial charge is 0.290 e. The van der Waals surface area contributed by atoms with Gasteiger partial charge in [-0.2, -0.15) is 5.26 Å². The minimum absolute atomic E-state index is 0.106. The van der Waals surface area contributed by atoms with Crippen LogP contribution >= 0.6 is 0 Å². The molecule has 0 fully saturated rings. The van der Waals surface area contributed by atoms with Gasteiger partial charge in [-0.1, -0.05) is 5.16 Å². The van der Waals surface area contributed by atoms with Crippen molar-refractivity contribution in [1.29, 1.82) is 5.26 Å². The van der Waals surface area contributed by atoms with E-state index in [2.05, 4.69) is 24.7 Å². The number of benzene rings is 1. The maximum Gasteiger partial charge on any atom is 0.208 e. The zero-order chi connectivity index (χ0) is 19.2. The van der Waals surface area contributed by atoms with Crippen LogP contribution in [0.25, 0.3) is 0 Å². The van der Waals surface area contributed by atoms with Crippen molar-refractivity contribution < 1.29 is 22.6 Å². The number of hydrogen-bond acceptors (Lipinski definition) is 8. The minimum Gasteiger partial charge on any atom is -0.290 e. The van der Waals surface area contributed by atoms with Crippen LogP contribution in [0.4, 0.5) is 10.1 Å². The summed E-state index contributed by atoms with van der Waals surface area (Å²) in [5.74, 6) is -0.806. The van der Waals surface area contributed by atoms with E-state index in [1.165, 1.54) is 12.1 Å². The number of halogens is 1. The minimum atomic E-state index is -3.29. The van der Waals surface area contributed by atoms with Crippen LogP contribution < -0.4 is 10.2 Å². The second-order valence-corrected chi connectivity index (χ2v) is 7.01. The van der Waals surface area contributed by atoms with Gasteiger partial charge < -0.3 is 0 Å². The molecule has 0 aliphatic heterocycles. The van der Waals surface area contributed by atoms with E-state index in [1.807, 2.05) is 5.48 Å². The fourth-order valence-corrected chi connectivity index (χ4v) is 2.51. The van der Waals surface area contributed by atoms with E-state index >= 15 is 0 Å². The molecule has 0 amide bonds. The van der Waals surface area contributed by atoms with Gasteiger partial charge in [-0.25, -0.2) is 27.2 Å². The van der Waals surface area contributed by atoms with Gasteiger partial charge in [0.15, 0.2) is 11.5 Å². The van der Waals surface area contributed by atoms with Gasteiger partial charge in [0.1, 0.15) is 17.6 Å². The molecule has 0 aliphatic rings. The van der Waals surface area contributed by atoms with Gasteiger partial charge in [-0.05, 0) is 36.2 Å². The lowest BCUT2D eigenvalue weighted by Gasteiger charge is -2.04. The number of sulfonamides is 1. The summed E-state index contributed by atoms with van der Waals surface area (Å²) in [5, 5.41) is 25.5. The standard InChI is InChI=1S/C14H15FN6O4S/c1-26(23,24)17-6-2-3-12-13(21-25-20-12)14(19-22)18-10-4-5-11(15)9(7-10)8-16/h4-5,7,17,22H,2-3,6H2,1H3,(H,18,19). The van der Waals surface area contributed by atoms with Crippen LogP contribution in [0.3, 0.4) is 0 Å². The normalized spacial score (nSPS) is 12.0. The Balaban J connectivity index is 2.18. The third-order valence-electron chi connectivity index (χ3n) is 3.15. The molecule has 26 heavy (non-hydrogen) atoms. The molecule has 1 aromatic carbocycles. The highest BCUT2D eigenvalue weighted by Gasteiger charge is 2.16. The highest BCUT2D eigenvalue weighted by Crippen LogP contribution is 2.18. The molecular weight excluding hydrogens is 367 g/mol. The van der Waals surface area contributed by atoms with Crippen molar-refractivity contribution in [1.82, 2.24) is 20.5 Å². The molecule has 0 saturated heterocycles. The number of hydroxylamine groups is 1. The van der Waals surface area contributed by atoms with E-state index in [0.717, 1.165) is 12.3 Å². The predicted octanol–water partition coefficient (Wildman–Crippen LogP) is 0.619. The second-order valence-electron chi connectivity index (χ2n) is 5.18. The van der Waals surface area contributed by atoms with E-state index in [9.17, 15) is 18.0 Å². The van der Waals surface area contributed by atoms with Gasteiger partial charge in [0.2, 0.25) is 10.0 Å². The molecule has 10 nitrogen and oxygen atoms in total. The molecule has 3 N–H and O–H groups in total. The number of nitrogens with one attached hydrogen (secondary N) is 2. The molecule has 1 aromatic heterocycles. The summed E-state index contributed by atoms with van der Waals surface area (Å²) in [6.07, 6.45) is 1.76. The predicted molar refractivity (Wildman–Crippen MR) is 87.7 cm³/mol. The maximum atomic E-state index is 13.4. The van der Waals surface area contributed by atoms with Gasteiger partial charge in [-0.15, -0.1) is 0 Å². The van der Waals surface area contributed by atoms with E-state index in [0.29, 0.717) is 18.5 Å². The van der Waals surface area contributed by atoms with Crippen LogP contribution in [-0.2, 0) is 16.4 Å². The van der Waals surface area contributed by atoms with Crippen molar-refractivity contribution in [2.24, 2.45) is 4.99 Å². The summed E-state index contributed by atoms with van der Waals surface area (Å²) in [7, 11) is -3.29. The second kappa shape index (κ2) is 8.48. The summed E-state index contributed by atoms with van der Waals surface area (Å²) in [6, 6.07) is 5.28. The molecule has 12 heteroatoms. The highest BCUT2D eigenvalue weighted by molar-refractivity contribution is 7.88. The SMILES string of the molecule is CS(=O)(=O)NCCCc1nonc1C(=Nc1ccc(F)c(C#N)c1)NO. The molecule has 2 aromatic rings. The number of nitrogens with zero attached hydrogens (tertiary/aromatic N) is 4. The summed E-state index contributed by atoms with van der Waals surface area (Å²) >= 11 is 0. The quantitative estimate of drug-likeness (QED) is 0.272. The first-order chi connectivity index (χ1) is 12.3. The zero-order valence-corrected chi connectivity index (χ0v) is 14.4. The summed E-state index contributed by atoms with van der Waals surface area (Å²) in [5.41, 5.74) is 2.30. The number of hydrogen-bond donors (Lipinski definition) is 3. The number of aromatic nitrogens is 2. The Kier molecular flexibility index (Phi) is 6.34. The van der Waals surface area contributed by atoms with E-state index < -0.39 is 15.8 Å². The topological polar surface area (TPSA) is 154 Å². The summed E-state index contributed by atoms with van der Waals surface area (Å²) < 4.78 is 42.4. The summed E-state index contributed by atoms with van der Waals surface area (Å²) in [4.78, 5) is 4.06. The monoisotopic (exact) mass is 382 g/mol. The van der Waals surface area contributed by atoms with Crippen molar-refractivity contribution in [2.45, 2.75) is 12.8 Å². The molecule has 0 spiro atoms. The number of nitriles is 1. The van der Waals surface area contributed by atoms with E-state index in [4.69, 9.17) is 5.26 Å². The Hall–Kier alpha value is -2.88. The first-order valence-corrected chi connectivity index (χ1v) is 9.18. The van der Waals surface area contributed by atoms with Gasteiger partial charge in [-0.3, -0.25) is 10.7 Å². The highest BCUT2D eigenvalue weighted by atomic mass is 32.2. The van der Waals surface area contributed by atoms with Crippen LogP contribution in [-0.4, -0.2) is 42.6 Å². The Labute approximate surface area is 148 Å². The average molecular weight is 382 g/mol. The molecule has 2 rings (SSSR count). The van der Waals surface area contributed by atoms with Gasteiger partial charge in [0.05, 0.1) is 17.5 Å². The Bertz CT molecular complexity index is 951. The number of aryl methyl sites for hydroxylation is 1. The molecule has 0 aliphatic carbocycles. The lowest BCUT2D eigenvalue weighted by molar-refractivity contribution is 0.234. The Morgan fingerprint density at radius 2 is 2.23 bits per heavy atom. The molecule has 0 radical (unpaired) electrons. The Morgan fingerprint density at radius 1 is 1.46 bits per heavy atom. The van der Waals surface area contributed by atoms with E-state index in [-0.39, 0.29) is 29.3 Å². The third-order valence-corrected chi connectivity index (χ3v) is 3.88. The molecular formula is C14H15FN6O4S. The molecule has 0 unspecified atom stereocenters. The van der Waals surface area contributed by atoms with Crippen molar-refractivity contribution in [3.05, 3.63) is 41.0 Å². The van der Waals surface area contributed by atoms with Crippen molar-refractivity contribution >= 4 is 21.5 Å². The molecule has 138 valence electrons. The fourth-order valence-electron chi connectivity index (χ4n) is 1.99. The van der Waals surface area contributed by atoms with Gasteiger partial charge >= 0.3 is 0 Å². The third kappa shape index (κ3) is 5.31.